The topological polar surface area (TPSA) is 66.9 Å². The lowest BCUT2D eigenvalue weighted by molar-refractivity contribution is 0.237. The first-order valence-corrected chi connectivity index (χ1v) is 7.86. The van der Waals surface area contributed by atoms with Crippen LogP contribution in [-0.4, -0.2) is 16.0 Å². The zero-order chi connectivity index (χ0) is 15.2. The summed E-state index contributed by atoms with van der Waals surface area (Å²) < 4.78 is 0. The van der Waals surface area contributed by atoms with Gasteiger partial charge >= 0.3 is 6.03 Å². The monoisotopic (exact) mass is 304 g/mol. The Balaban J connectivity index is 1.82. The largest absolute Gasteiger partial charge is 0.334 e. The smallest absolute Gasteiger partial charge is 0.315 e. The molecule has 5 nitrogen and oxygen atoms in total. The van der Waals surface area contributed by atoms with Gasteiger partial charge in [0.25, 0.3) is 0 Å². The molecule has 0 aliphatic heterocycles. The third kappa shape index (κ3) is 4.53. The maximum Gasteiger partial charge on any atom is 0.315 e. The number of urea groups is 1. The highest BCUT2D eigenvalue weighted by molar-refractivity contribution is 7.09. The summed E-state index contributed by atoms with van der Waals surface area (Å²) in [5.41, 5.74) is 2.85. The van der Waals surface area contributed by atoms with Crippen LogP contribution < -0.4 is 10.6 Å². The van der Waals surface area contributed by atoms with Gasteiger partial charge in [-0.15, -0.1) is 11.3 Å². The molecule has 2 aromatic rings. The van der Waals surface area contributed by atoms with Crippen LogP contribution in [0.3, 0.4) is 0 Å². The Morgan fingerprint density at radius 2 is 2.24 bits per heavy atom. The highest BCUT2D eigenvalue weighted by Gasteiger charge is 2.12. The second-order valence-electron chi connectivity index (χ2n) is 4.88. The van der Waals surface area contributed by atoms with E-state index in [4.69, 9.17) is 0 Å². The normalized spacial score (nSPS) is 12.0. The zero-order valence-corrected chi connectivity index (χ0v) is 13.3. The summed E-state index contributed by atoms with van der Waals surface area (Å²) in [5.74, 6) is 0. The Bertz CT molecular complexity index is 594. The Labute approximate surface area is 128 Å². The van der Waals surface area contributed by atoms with Crippen molar-refractivity contribution in [1.29, 1.82) is 0 Å². The average molecular weight is 304 g/mol. The second kappa shape index (κ2) is 7.17. The summed E-state index contributed by atoms with van der Waals surface area (Å²) in [5, 5.41) is 8.80. The molecule has 0 fully saturated rings. The molecule has 6 heteroatoms. The van der Waals surface area contributed by atoms with Gasteiger partial charge in [-0.25, -0.2) is 9.78 Å². The molecule has 2 rings (SSSR count). The Morgan fingerprint density at radius 3 is 2.86 bits per heavy atom. The number of hydrogen-bond donors (Lipinski definition) is 2. The van der Waals surface area contributed by atoms with E-state index < -0.39 is 0 Å². The van der Waals surface area contributed by atoms with E-state index in [1.165, 1.54) is 0 Å². The van der Waals surface area contributed by atoms with Gasteiger partial charge in [0.2, 0.25) is 0 Å². The number of rotatable bonds is 5. The first kappa shape index (κ1) is 15.4. The molecule has 1 atom stereocenters. The Hall–Kier alpha value is -1.95. The molecule has 0 bridgehead atoms. The predicted molar refractivity (Wildman–Crippen MR) is 84.3 cm³/mol. The molecule has 0 radical (unpaired) electrons. The first-order valence-electron chi connectivity index (χ1n) is 6.98. The van der Waals surface area contributed by atoms with E-state index in [2.05, 4.69) is 27.5 Å². The molecule has 0 aromatic carbocycles. The van der Waals surface area contributed by atoms with E-state index in [1.54, 1.807) is 17.5 Å². The van der Waals surface area contributed by atoms with Gasteiger partial charge in [0.1, 0.15) is 0 Å². The lowest BCUT2D eigenvalue weighted by atomic mass is 10.2. The molecule has 0 spiro atoms. The number of aromatic nitrogens is 2. The van der Waals surface area contributed by atoms with Crippen LogP contribution >= 0.6 is 11.3 Å². The van der Waals surface area contributed by atoms with Gasteiger partial charge in [-0.3, -0.25) is 4.98 Å². The van der Waals surface area contributed by atoms with Crippen molar-refractivity contribution in [2.75, 3.05) is 0 Å². The highest BCUT2D eigenvalue weighted by atomic mass is 32.1. The second-order valence-corrected chi connectivity index (χ2v) is 5.82. The standard InChI is InChI=1S/C15H20N4OS/c1-4-14-19-13(9-21-14)11(3)18-15(20)17-8-12-6-5-10(2)16-7-12/h5-7,9,11H,4,8H2,1-3H3,(H2,17,18,20)/t11-/m0/s1. The van der Waals surface area contributed by atoms with Gasteiger partial charge in [0.05, 0.1) is 16.7 Å². The number of pyridine rings is 1. The van der Waals surface area contributed by atoms with E-state index in [-0.39, 0.29) is 12.1 Å². The maximum absolute atomic E-state index is 11.9. The molecular formula is C15H20N4OS. The van der Waals surface area contributed by atoms with E-state index in [0.717, 1.165) is 28.4 Å². The van der Waals surface area contributed by atoms with Crippen LogP contribution in [0.1, 0.15) is 41.8 Å². The number of aryl methyl sites for hydroxylation is 2. The maximum atomic E-state index is 11.9. The first-order chi connectivity index (χ1) is 10.1. The number of thiazole rings is 1. The van der Waals surface area contributed by atoms with Gasteiger partial charge in [0, 0.05) is 23.8 Å². The third-order valence-corrected chi connectivity index (χ3v) is 4.10. The number of hydrogen-bond acceptors (Lipinski definition) is 4. The van der Waals surface area contributed by atoms with E-state index >= 15 is 0 Å². The molecule has 112 valence electrons. The van der Waals surface area contributed by atoms with Crippen molar-refractivity contribution in [3.63, 3.8) is 0 Å². The molecule has 0 saturated heterocycles. The summed E-state index contributed by atoms with van der Waals surface area (Å²) in [6.07, 6.45) is 2.69. The number of amides is 2. The van der Waals surface area contributed by atoms with Crippen molar-refractivity contribution in [1.82, 2.24) is 20.6 Å². The Morgan fingerprint density at radius 1 is 1.43 bits per heavy atom. The van der Waals surface area contributed by atoms with Crippen molar-refractivity contribution in [3.05, 3.63) is 45.7 Å². The van der Waals surface area contributed by atoms with Gasteiger partial charge in [0.15, 0.2) is 0 Å². The number of nitrogens with one attached hydrogen (secondary N) is 2. The van der Waals surface area contributed by atoms with Crippen LogP contribution in [0.5, 0.6) is 0 Å². The fourth-order valence-corrected chi connectivity index (χ4v) is 2.63. The quantitative estimate of drug-likeness (QED) is 0.892. The van der Waals surface area contributed by atoms with Crippen LogP contribution in [0.2, 0.25) is 0 Å². The van der Waals surface area contributed by atoms with Crippen molar-refractivity contribution in [2.24, 2.45) is 0 Å². The van der Waals surface area contributed by atoms with Crippen LogP contribution in [0.25, 0.3) is 0 Å². The van der Waals surface area contributed by atoms with E-state index in [9.17, 15) is 4.79 Å². The van der Waals surface area contributed by atoms with Crippen molar-refractivity contribution in [3.8, 4) is 0 Å². The van der Waals surface area contributed by atoms with Crippen molar-refractivity contribution >= 4 is 17.4 Å². The van der Waals surface area contributed by atoms with Gasteiger partial charge in [-0.1, -0.05) is 13.0 Å². The Kier molecular flexibility index (Phi) is 5.27. The number of nitrogens with zero attached hydrogens (tertiary/aromatic N) is 2. The summed E-state index contributed by atoms with van der Waals surface area (Å²) in [4.78, 5) is 20.5. The third-order valence-electron chi connectivity index (χ3n) is 3.09. The minimum absolute atomic E-state index is 0.0994. The van der Waals surface area contributed by atoms with Gasteiger partial charge < -0.3 is 10.6 Å². The summed E-state index contributed by atoms with van der Waals surface area (Å²) in [6.45, 7) is 6.40. The zero-order valence-electron chi connectivity index (χ0n) is 12.5. The molecule has 2 heterocycles. The SMILES string of the molecule is CCc1nc([C@H](C)NC(=O)NCc2ccc(C)nc2)cs1. The van der Waals surface area contributed by atoms with E-state index in [0.29, 0.717) is 6.54 Å². The molecule has 0 unspecified atom stereocenters. The summed E-state index contributed by atoms with van der Waals surface area (Å²) in [7, 11) is 0. The lowest BCUT2D eigenvalue weighted by Gasteiger charge is -2.12. The van der Waals surface area contributed by atoms with Crippen molar-refractivity contribution < 1.29 is 4.79 Å². The van der Waals surface area contributed by atoms with Gasteiger partial charge in [-0.2, -0.15) is 0 Å². The molecule has 0 aliphatic rings. The van der Waals surface area contributed by atoms with Crippen LogP contribution in [0.4, 0.5) is 4.79 Å². The molecule has 2 amide bonds. The predicted octanol–water partition coefficient (Wildman–Crippen LogP) is 2.97. The molecule has 2 N–H and O–H groups in total. The van der Waals surface area contributed by atoms with Crippen LogP contribution in [0, 0.1) is 6.92 Å². The summed E-state index contributed by atoms with van der Waals surface area (Å²) >= 11 is 1.63. The average Bonchev–Trinajstić information content (AvgIpc) is 2.96. The summed E-state index contributed by atoms with van der Waals surface area (Å²) in [6, 6.07) is 3.59. The number of carbonyl (C=O) groups is 1. The van der Waals surface area contributed by atoms with Crippen LogP contribution in [0.15, 0.2) is 23.7 Å². The fraction of sp³-hybridized carbons (Fsp3) is 0.400. The molecule has 21 heavy (non-hydrogen) atoms. The highest BCUT2D eigenvalue weighted by Crippen LogP contribution is 2.16. The van der Waals surface area contributed by atoms with Crippen LogP contribution in [-0.2, 0) is 13.0 Å². The van der Waals surface area contributed by atoms with Crippen molar-refractivity contribution in [2.45, 2.75) is 39.8 Å². The molecule has 0 saturated carbocycles. The molecule has 0 aliphatic carbocycles. The van der Waals surface area contributed by atoms with Gasteiger partial charge in [-0.05, 0) is 31.9 Å². The minimum Gasteiger partial charge on any atom is -0.334 e. The number of carbonyl (C=O) groups excluding carboxylic acids is 1. The lowest BCUT2D eigenvalue weighted by Crippen LogP contribution is -2.36. The molecular weight excluding hydrogens is 284 g/mol. The van der Waals surface area contributed by atoms with E-state index in [1.807, 2.05) is 31.4 Å². The fourth-order valence-electron chi connectivity index (χ4n) is 1.79. The molecule has 2 aromatic heterocycles. The minimum atomic E-state index is -0.200.